The van der Waals surface area contributed by atoms with Gasteiger partial charge >= 0.3 is 0 Å². The van der Waals surface area contributed by atoms with Gasteiger partial charge in [0.1, 0.15) is 6.54 Å². The van der Waals surface area contributed by atoms with Gasteiger partial charge in [0.25, 0.3) is 5.91 Å². The maximum Gasteiger partial charge on any atom is 0.260 e. The molecule has 1 aliphatic heterocycles. The zero-order valence-electron chi connectivity index (χ0n) is 15.2. The number of halogens is 1. The molecular formula is C22H18ClN3OS. The number of anilines is 2. The molecule has 0 spiro atoms. The van der Waals surface area contributed by atoms with Crippen LogP contribution < -0.4 is 10.3 Å². The lowest BCUT2D eigenvalue weighted by atomic mass is 10.2. The molecule has 0 atom stereocenters. The van der Waals surface area contributed by atoms with Crippen molar-refractivity contribution in [3.8, 4) is 0 Å². The Morgan fingerprint density at radius 1 is 1.07 bits per heavy atom. The monoisotopic (exact) mass is 407 g/mol. The van der Waals surface area contributed by atoms with E-state index in [1.807, 2.05) is 72.5 Å². The van der Waals surface area contributed by atoms with E-state index in [9.17, 15) is 4.79 Å². The lowest BCUT2D eigenvalue weighted by Gasteiger charge is -2.32. The summed E-state index contributed by atoms with van der Waals surface area (Å²) in [5.41, 5.74) is 6.64. The lowest BCUT2D eigenvalue weighted by Crippen LogP contribution is -2.33. The third-order valence-corrected chi connectivity index (χ3v) is 5.74. The molecule has 4 nitrogen and oxygen atoms in total. The van der Waals surface area contributed by atoms with Crippen molar-refractivity contribution in [3.05, 3.63) is 82.9 Å². The van der Waals surface area contributed by atoms with Gasteiger partial charge in [-0.15, -0.1) is 0 Å². The standard InChI is InChI=1S/C22H18ClN3OS/c1-15-6-8-16(9-7-15)13-24-25-22(27)14-26-18-4-2-3-5-20(18)28-21-11-10-17(23)12-19(21)26/h2-13H,14H2,1H3,(H,25,27)/b24-13+. The molecule has 1 amide bonds. The van der Waals surface area contributed by atoms with Crippen molar-refractivity contribution in [2.75, 3.05) is 11.4 Å². The minimum absolute atomic E-state index is 0.149. The van der Waals surface area contributed by atoms with Gasteiger partial charge in [-0.3, -0.25) is 4.79 Å². The first-order valence-electron chi connectivity index (χ1n) is 8.83. The zero-order chi connectivity index (χ0) is 19.5. The van der Waals surface area contributed by atoms with Gasteiger partial charge in [-0.1, -0.05) is 65.3 Å². The van der Waals surface area contributed by atoms with Crippen molar-refractivity contribution >= 4 is 46.9 Å². The molecular weight excluding hydrogens is 390 g/mol. The molecule has 1 heterocycles. The van der Waals surface area contributed by atoms with Gasteiger partial charge in [-0.2, -0.15) is 5.10 Å². The van der Waals surface area contributed by atoms with Gasteiger partial charge in [0.05, 0.1) is 17.6 Å². The van der Waals surface area contributed by atoms with E-state index in [1.54, 1.807) is 18.0 Å². The average Bonchev–Trinajstić information content (AvgIpc) is 2.70. The number of rotatable bonds is 4. The van der Waals surface area contributed by atoms with Crippen molar-refractivity contribution in [3.63, 3.8) is 0 Å². The van der Waals surface area contributed by atoms with Gasteiger partial charge in [-0.25, -0.2) is 5.43 Å². The van der Waals surface area contributed by atoms with E-state index >= 15 is 0 Å². The van der Waals surface area contributed by atoms with Crippen LogP contribution in [0.2, 0.25) is 5.02 Å². The predicted molar refractivity (Wildman–Crippen MR) is 116 cm³/mol. The number of benzene rings is 3. The second kappa shape index (κ2) is 8.09. The van der Waals surface area contributed by atoms with E-state index in [4.69, 9.17) is 11.6 Å². The summed E-state index contributed by atoms with van der Waals surface area (Å²) in [4.78, 5) is 16.7. The van der Waals surface area contributed by atoms with Gasteiger partial charge in [0.15, 0.2) is 0 Å². The van der Waals surface area contributed by atoms with Crippen molar-refractivity contribution in [2.24, 2.45) is 5.10 Å². The molecule has 0 aliphatic carbocycles. The molecule has 1 N–H and O–H groups in total. The number of hydrogen-bond donors (Lipinski definition) is 1. The number of hydrazone groups is 1. The number of aryl methyl sites for hydroxylation is 1. The molecule has 140 valence electrons. The molecule has 0 bridgehead atoms. The minimum atomic E-state index is -0.198. The number of hydrogen-bond acceptors (Lipinski definition) is 4. The van der Waals surface area contributed by atoms with E-state index < -0.39 is 0 Å². The highest BCUT2D eigenvalue weighted by Gasteiger charge is 2.25. The highest BCUT2D eigenvalue weighted by molar-refractivity contribution is 7.99. The third-order valence-electron chi connectivity index (χ3n) is 4.37. The smallest absolute Gasteiger partial charge is 0.260 e. The summed E-state index contributed by atoms with van der Waals surface area (Å²) in [5, 5.41) is 4.72. The maximum absolute atomic E-state index is 12.6. The first-order valence-corrected chi connectivity index (χ1v) is 10.0. The molecule has 6 heteroatoms. The number of carbonyl (C=O) groups excluding carboxylic acids is 1. The molecule has 3 aromatic rings. The number of para-hydroxylation sites is 1. The molecule has 0 saturated heterocycles. The van der Waals surface area contributed by atoms with Crippen molar-refractivity contribution in [2.45, 2.75) is 16.7 Å². The summed E-state index contributed by atoms with van der Waals surface area (Å²) in [7, 11) is 0. The lowest BCUT2D eigenvalue weighted by molar-refractivity contribution is -0.119. The Kier molecular flexibility index (Phi) is 5.37. The Balaban J connectivity index is 1.53. The number of nitrogens with zero attached hydrogens (tertiary/aromatic N) is 2. The summed E-state index contributed by atoms with van der Waals surface area (Å²) in [6, 6.07) is 21.7. The van der Waals surface area contributed by atoms with Crippen LogP contribution >= 0.6 is 23.4 Å². The Bertz CT molecular complexity index is 1050. The summed E-state index contributed by atoms with van der Waals surface area (Å²) < 4.78 is 0. The van der Waals surface area contributed by atoms with Crippen LogP contribution in [0, 0.1) is 6.92 Å². The van der Waals surface area contributed by atoms with Crippen LogP contribution in [-0.4, -0.2) is 18.7 Å². The molecule has 0 saturated carbocycles. The van der Waals surface area contributed by atoms with Crippen LogP contribution in [0.15, 0.2) is 81.6 Å². The highest BCUT2D eigenvalue weighted by atomic mass is 35.5. The summed E-state index contributed by atoms with van der Waals surface area (Å²) in [6.45, 7) is 2.18. The fourth-order valence-electron chi connectivity index (χ4n) is 2.98. The zero-order valence-corrected chi connectivity index (χ0v) is 16.8. The van der Waals surface area contributed by atoms with Gasteiger partial charge in [-0.05, 0) is 42.8 Å². The van der Waals surface area contributed by atoms with E-state index in [-0.39, 0.29) is 12.5 Å². The minimum Gasteiger partial charge on any atom is -0.330 e. The fourth-order valence-corrected chi connectivity index (χ4v) is 4.23. The number of fused-ring (bicyclic) bond motifs is 2. The number of carbonyl (C=O) groups is 1. The second-order valence-electron chi connectivity index (χ2n) is 6.47. The topological polar surface area (TPSA) is 44.7 Å². The van der Waals surface area contributed by atoms with Crippen LogP contribution in [0.1, 0.15) is 11.1 Å². The largest absolute Gasteiger partial charge is 0.330 e. The first kappa shape index (κ1) is 18.6. The summed E-state index contributed by atoms with van der Waals surface area (Å²) >= 11 is 7.88. The molecule has 0 radical (unpaired) electrons. The summed E-state index contributed by atoms with van der Waals surface area (Å²) in [5.74, 6) is -0.198. The van der Waals surface area contributed by atoms with E-state index in [0.29, 0.717) is 5.02 Å². The predicted octanol–water partition coefficient (Wildman–Crippen LogP) is 5.40. The maximum atomic E-state index is 12.6. The number of nitrogens with one attached hydrogen (secondary N) is 1. The van der Waals surface area contributed by atoms with Crippen LogP contribution in [0.25, 0.3) is 0 Å². The van der Waals surface area contributed by atoms with Crippen molar-refractivity contribution < 1.29 is 4.79 Å². The average molecular weight is 408 g/mol. The van der Waals surface area contributed by atoms with Crippen molar-refractivity contribution in [1.82, 2.24) is 5.43 Å². The third kappa shape index (κ3) is 4.06. The highest BCUT2D eigenvalue weighted by Crippen LogP contribution is 2.48. The number of amides is 1. The van der Waals surface area contributed by atoms with Gasteiger partial charge in [0, 0.05) is 14.8 Å². The molecule has 0 aromatic heterocycles. The molecule has 0 fully saturated rings. The first-order chi connectivity index (χ1) is 13.6. The van der Waals surface area contributed by atoms with E-state index in [0.717, 1.165) is 26.7 Å². The van der Waals surface area contributed by atoms with Crippen LogP contribution in [0.4, 0.5) is 11.4 Å². The Hall–Kier alpha value is -2.76. The van der Waals surface area contributed by atoms with Crippen LogP contribution in [0.5, 0.6) is 0 Å². The Morgan fingerprint density at radius 2 is 1.82 bits per heavy atom. The second-order valence-corrected chi connectivity index (χ2v) is 7.99. The SMILES string of the molecule is Cc1ccc(/C=N/NC(=O)CN2c3ccccc3Sc3ccc(Cl)cc32)cc1. The van der Waals surface area contributed by atoms with Gasteiger partial charge in [0.2, 0.25) is 0 Å². The quantitative estimate of drug-likeness (QED) is 0.465. The fraction of sp³-hybridized carbons (Fsp3) is 0.0909. The molecule has 28 heavy (non-hydrogen) atoms. The van der Waals surface area contributed by atoms with Gasteiger partial charge < -0.3 is 4.90 Å². The molecule has 0 unspecified atom stereocenters. The molecule has 1 aliphatic rings. The Morgan fingerprint density at radius 3 is 2.64 bits per heavy atom. The molecule has 4 rings (SSSR count). The Labute approximate surface area is 173 Å². The summed E-state index contributed by atoms with van der Waals surface area (Å²) in [6.07, 6.45) is 1.64. The van der Waals surface area contributed by atoms with E-state index in [2.05, 4.69) is 16.6 Å². The molecule has 3 aromatic carbocycles. The normalized spacial score (nSPS) is 12.6. The van der Waals surface area contributed by atoms with E-state index in [1.165, 1.54) is 5.56 Å². The van der Waals surface area contributed by atoms with Crippen molar-refractivity contribution in [1.29, 1.82) is 0 Å². The van der Waals surface area contributed by atoms with Crippen LogP contribution in [-0.2, 0) is 4.79 Å². The van der Waals surface area contributed by atoms with Crippen LogP contribution in [0.3, 0.4) is 0 Å².